The van der Waals surface area contributed by atoms with Crippen molar-refractivity contribution in [2.24, 2.45) is 0 Å². The van der Waals surface area contributed by atoms with E-state index in [1.807, 2.05) is 62.4 Å². The highest BCUT2D eigenvalue weighted by Crippen LogP contribution is 2.37. The number of hydrogen-bond donors (Lipinski definition) is 1. The van der Waals surface area contributed by atoms with Gasteiger partial charge in [0.25, 0.3) is 0 Å². The molecule has 0 aliphatic rings. The van der Waals surface area contributed by atoms with Crippen molar-refractivity contribution in [1.82, 2.24) is 4.98 Å². The van der Waals surface area contributed by atoms with E-state index in [0.717, 1.165) is 10.0 Å². The molecule has 214 valence electrons. The average Bonchev–Trinajstić information content (AvgIpc) is 2.92. The van der Waals surface area contributed by atoms with Crippen molar-refractivity contribution >= 4 is 44.3 Å². The van der Waals surface area contributed by atoms with Crippen molar-refractivity contribution in [3.8, 4) is 17.0 Å². The SMILES string of the molecule is CCCCC(=O)Oc1c(F)c(F)cc(F)c1NC(C)(C)CC(=O)c1c(C)c(-c2ccccc2)nc2ccc(Br)cc12. The number of unbranched alkanes of at least 4 members (excludes halogenated alkanes) is 1. The van der Waals surface area contributed by atoms with Crippen LogP contribution in [0.15, 0.2) is 59.1 Å². The second kappa shape index (κ2) is 12.4. The highest BCUT2D eigenvalue weighted by molar-refractivity contribution is 9.10. The summed E-state index contributed by atoms with van der Waals surface area (Å²) in [5, 5.41) is 3.45. The summed E-state index contributed by atoms with van der Waals surface area (Å²) in [4.78, 5) is 31.0. The minimum absolute atomic E-state index is 0.0386. The summed E-state index contributed by atoms with van der Waals surface area (Å²) < 4.78 is 49.7. The number of hydrogen-bond acceptors (Lipinski definition) is 5. The van der Waals surface area contributed by atoms with E-state index in [2.05, 4.69) is 21.2 Å². The van der Waals surface area contributed by atoms with Gasteiger partial charge in [0.1, 0.15) is 5.69 Å². The van der Waals surface area contributed by atoms with Crippen LogP contribution >= 0.6 is 15.9 Å². The summed E-state index contributed by atoms with van der Waals surface area (Å²) in [6.45, 7) is 6.94. The Hall–Kier alpha value is -3.72. The van der Waals surface area contributed by atoms with Crippen LogP contribution in [0.3, 0.4) is 0 Å². The number of anilines is 1. The predicted octanol–water partition coefficient (Wildman–Crippen LogP) is 8.95. The maximum Gasteiger partial charge on any atom is 0.311 e. The number of ether oxygens (including phenoxy) is 1. The average molecular weight is 628 g/mol. The third-order valence-corrected chi connectivity index (χ3v) is 7.15. The molecule has 0 aliphatic carbocycles. The molecule has 9 heteroatoms. The van der Waals surface area contributed by atoms with Gasteiger partial charge in [-0.2, -0.15) is 4.39 Å². The van der Waals surface area contributed by atoms with Crippen LogP contribution in [0.25, 0.3) is 22.2 Å². The van der Waals surface area contributed by atoms with Crippen LogP contribution in [0.5, 0.6) is 5.75 Å². The number of benzene rings is 3. The fraction of sp³-hybridized carbons (Fsp3) is 0.281. The molecule has 0 spiro atoms. The van der Waals surface area contributed by atoms with E-state index >= 15 is 0 Å². The van der Waals surface area contributed by atoms with Crippen LogP contribution in [0, 0.1) is 24.4 Å². The first kappa shape index (κ1) is 30.2. The van der Waals surface area contributed by atoms with E-state index in [-0.39, 0.29) is 18.6 Å². The number of esters is 1. The lowest BCUT2D eigenvalue weighted by atomic mass is 9.88. The van der Waals surface area contributed by atoms with Crippen molar-refractivity contribution in [1.29, 1.82) is 0 Å². The number of carbonyl (C=O) groups is 2. The summed E-state index contributed by atoms with van der Waals surface area (Å²) in [5.74, 6) is -6.08. The first-order chi connectivity index (χ1) is 19.4. The second-order valence-electron chi connectivity index (χ2n) is 10.5. The van der Waals surface area contributed by atoms with E-state index in [1.165, 1.54) is 0 Å². The number of carbonyl (C=O) groups excluding carboxylic acids is 2. The minimum atomic E-state index is -1.49. The van der Waals surface area contributed by atoms with Gasteiger partial charge in [-0.05, 0) is 51.0 Å². The molecule has 0 bridgehead atoms. The first-order valence-electron chi connectivity index (χ1n) is 13.3. The molecule has 3 aromatic carbocycles. The zero-order valence-corrected chi connectivity index (χ0v) is 24.8. The summed E-state index contributed by atoms with van der Waals surface area (Å²) >= 11 is 3.47. The smallest absolute Gasteiger partial charge is 0.311 e. The van der Waals surface area contributed by atoms with Gasteiger partial charge in [0.15, 0.2) is 23.2 Å². The van der Waals surface area contributed by atoms with Gasteiger partial charge in [-0.1, -0.05) is 59.6 Å². The Morgan fingerprint density at radius 1 is 1.02 bits per heavy atom. The zero-order chi connectivity index (χ0) is 29.9. The number of nitrogens with zero attached hydrogens (tertiary/aromatic N) is 1. The Kier molecular flexibility index (Phi) is 9.17. The van der Waals surface area contributed by atoms with Crippen molar-refractivity contribution in [3.63, 3.8) is 0 Å². The molecular weight excluding hydrogens is 597 g/mol. The third kappa shape index (κ3) is 6.78. The van der Waals surface area contributed by atoms with Crippen molar-refractivity contribution in [3.05, 3.63) is 87.6 Å². The molecule has 1 N–H and O–H groups in total. The Morgan fingerprint density at radius 2 is 1.73 bits per heavy atom. The molecular formula is C32H30BrF3N2O3. The number of ketones is 1. The molecule has 5 nitrogen and oxygen atoms in total. The summed E-state index contributed by atoms with van der Waals surface area (Å²) in [7, 11) is 0. The van der Waals surface area contributed by atoms with Crippen LogP contribution in [0.2, 0.25) is 0 Å². The van der Waals surface area contributed by atoms with E-state index in [0.29, 0.717) is 46.6 Å². The second-order valence-corrected chi connectivity index (χ2v) is 11.4. The van der Waals surface area contributed by atoms with Crippen LogP contribution in [0.1, 0.15) is 62.4 Å². The molecule has 0 amide bonds. The highest BCUT2D eigenvalue weighted by Gasteiger charge is 2.31. The number of pyridine rings is 1. The number of rotatable bonds is 10. The Morgan fingerprint density at radius 3 is 2.41 bits per heavy atom. The largest absolute Gasteiger partial charge is 0.421 e. The number of halogens is 4. The van der Waals surface area contributed by atoms with Gasteiger partial charge >= 0.3 is 5.97 Å². The fourth-order valence-electron chi connectivity index (χ4n) is 4.71. The lowest BCUT2D eigenvalue weighted by molar-refractivity contribution is -0.134. The van der Waals surface area contributed by atoms with Gasteiger partial charge in [0.2, 0.25) is 5.82 Å². The lowest BCUT2D eigenvalue weighted by Gasteiger charge is -2.29. The van der Waals surface area contributed by atoms with Crippen LogP contribution in [-0.4, -0.2) is 22.3 Å². The molecule has 0 atom stereocenters. The Labute approximate surface area is 245 Å². The van der Waals surface area contributed by atoms with Crippen molar-refractivity contribution in [2.45, 2.75) is 58.9 Å². The number of Topliss-reactive ketones (excluding diaryl/α,β-unsaturated/α-hetero) is 1. The standard InChI is InChI=1S/C32H30BrF3N2O3/c1-5-6-12-26(40)41-31-28(36)22(34)16-23(35)30(31)38-32(3,4)17-25(39)27-18(2)29(19-10-8-7-9-11-19)37-24-14-13-20(33)15-21(24)27/h7-11,13-16,38H,5-6,12,17H2,1-4H3. The molecule has 0 unspecified atom stereocenters. The lowest BCUT2D eigenvalue weighted by Crippen LogP contribution is -2.35. The summed E-state index contributed by atoms with van der Waals surface area (Å²) in [6, 6.07) is 15.4. The third-order valence-electron chi connectivity index (χ3n) is 6.66. The number of fused-ring (bicyclic) bond motifs is 1. The zero-order valence-electron chi connectivity index (χ0n) is 23.2. The molecule has 1 heterocycles. The van der Waals surface area contributed by atoms with Gasteiger partial charge < -0.3 is 10.1 Å². The Bertz CT molecular complexity index is 1620. The molecule has 4 aromatic rings. The molecule has 0 fully saturated rings. The summed E-state index contributed by atoms with van der Waals surface area (Å²) in [6.07, 6.45) is 0.959. The van der Waals surface area contributed by atoms with Gasteiger partial charge in [-0.25, -0.2) is 13.8 Å². The molecule has 1 aromatic heterocycles. The molecule has 4 rings (SSSR count). The van der Waals surface area contributed by atoms with Gasteiger partial charge in [-0.3, -0.25) is 9.59 Å². The quantitative estimate of drug-likeness (QED) is 0.0823. The monoisotopic (exact) mass is 626 g/mol. The summed E-state index contributed by atoms with van der Waals surface area (Å²) in [5.41, 5.74) is 1.54. The predicted molar refractivity (Wildman–Crippen MR) is 158 cm³/mol. The normalized spacial score (nSPS) is 11.5. The minimum Gasteiger partial charge on any atom is -0.421 e. The van der Waals surface area contributed by atoms with E-state index in [9.17, 15) is 22.8 Å². The maximum atomic E-state index is 15.0. The maximum absolute atomic E-state index is 15.0. The molecule has 0 aliphatic heterocycles. The highest BCUT2D eigenvalue weighted by atomic mass is 79.9. The van der Waals surface area contributed by atoms with Crippen molar-refractivity contribution < 1.29 is 27.5 Å². The van der Waals surface area contributed by atoms with Gasteiger partial charge in [-0.15, -0.1) is 0 Å². The van der Waals surface area contributed by atoms with Gasteiger partial charge in [0, 0.05) is 45.4 Å². The van der Waals surface area contributed by atoms with Crippen LogP contribution in [-0.2, 0) is 4.79 Å². The molecule has 0 radical (unpaired) electrons. The van der Waals surface area contributed by atoms with Gasteiger partial charge in [0.05, 0.1) is 11.2 Å². The van der Waals surface area contributed by atoms with E-state index in [1.54, 1.807) is 13.8 Å². The van der Waals surface area contributed by atoms with E-state index in [4.69, 9.17) is 9.72 Å². The fourth-order valence-corrected chi connectivity index (χ4v) is 5.07. The molecule has 0 saturated carbocycles. The number of aromatic nitrogens is 1. The topological polar surface area (TPSA) is 68.3 Å². The number of nitrogens with one attached hydrogen (secondary N) is 1. The first-order valence-corrected chi connectivity index (χ1v) is 14.1. The van der Waals surface area contributed by atoms with Crippen LogP contribution < -0.4 is 10.1 Å². The molecule has 0 saturated heterocycles. The Balaban J connectivity index is 1.73. The van der Waals surface area contributed by atoms with E-state index < -0.39 is 40.4 Å². The molecule has 41 heavy (non-hydrogen) atoms. The van der Waals surface area contributed by atoms with Crippen LogP contribution in [0.4, 0.5) is 18.9 Å². The van der Waals surface area contributed by atoms with Crippen molar-refractivity contribution in [2.75, 3.05) is 5.32 Å².